The van der Waals surface area contributed by atoms with Crippen LogP contribution < -0.4 is 5.32 Å². The molecule has 25 heavy (non-hydrogen) atoms. The molecule has 0 aliphatic rings. The summed E-state index contributed by atoms with van der Waals surface area (Å²) < 4.78 is 1.80. The number of amides is 1. The molecule has 0 radical (unpaired) electrons. The molecule has 4 heteroatoms. The van der Waals surface area contributed by atoms with Gasteiger partial charge < -0.3 is 5.32 Å². The van der Waals surface area contributed by atoms with Gasteiger partial charge in [-0.2, -0.15) is 5.10 Å². The highest BCUT2D eigenvalue weighted by Gasteiger charge is 2.05. The predicted octanol–water partition coefficient (Wildman–Crippen LogP) is 4.40. The molecule has 0 aliphatic carbocycles. The molecule has 1 amide bonds. The SMILES string of the molecule is CCCCc1ccc(NC(=O)Cc2ccc(-n3cccn3)cc2)cc1. The van der Waals surface area contributed by atoms with Crippen molar-refractivity contribution in [2.45, 2.75) is 32.6 Å². The molecule has 0 saturated heterocycles. The van der Waals surface area contributed by atoms with Crippen LogP contribution in [-0.4, -0.2) is 15.7 Å². The third-order valence-corrected chi connectivity index (χ3v) is 4.13. The molecule has 2 aromatic carbocycles. The van der Waals surface area contributed by atoms with E-state index in [1.807, 2.05) is 48.7 Å². The summed E-state index contributed by atoms with van der Waals surface area (Å²) in [6.07, 6.45) is 7.48. The van der Waals surface area contributed by atoms with Crippen LogP contribution in [0.4, 0.5) is 5.69 Å². The second-order valence-corrected chi connectivity index (χ2v) is 6.14. The Hall–Kier alpha value is -2.88. The van der Waals surface area contributed by atoms with Gasteiger partial charge in [0.05, 0.1) is 12.1 Å². The van der Waals surface area contributed by atoms with E-state index in [-0.39, 0.29) is 5.91 Å². The molecular formula is C21H23N3O. The fourth-order valence-electron chi connectivity index (χ4n) is 2.71. The Morgan fingerprint density at radius 1 is 1.04 bits per heavy atom. The quantitative estimate of drug-likeness (QED) is 0.697. The molecule has 1 heterocycles. The minimum atomic E-state index is -0.00635. The lowest BCUT2D eigenvalue weighted by molar-refractivity contribution is -0.115. The molecule has 0 bridgehead atoms. The van der Waals surface area contributed by atoms with Crippen LogP contribution in [0.2, 0.25) is 0 Å². The molecule has 1 N–H and O–H groups in total. The van der Waals surface area contributed by atoms with Crippen molar-refractivity contribution in [1.29, 1.82) is 0 Å². The second kappa shape index (κ2) is 8.29. The first-order valence-electron chi connectivity index (χ1n) is 8.72. The Kier molecular flexibility index (Phi) is 5.62. The van der Waals surface area contributed by atoms with E-state index in [9.17, 15) is 4.79 Å². The lowest BCUT2D eigenvalue weighted by atomic mass is 10.1. The van der Waals surface area contributed by atoms with Crippen LogP contribution >= 0.6 is 0 Å². The molecule has 0 unspecified atom stereocenters. The molecule has 3 aromatic rings. The van der Waals surface area contributed by atoms with Crippen LogP contribution in [0, 0.1) is 0 Å². The fraction of sp³-hybridized carbons (Fsp3) is 0.238. The summed E-state index contributed by atoms with van der Waals surface area (Å²) >= 11 is 0. The van der Waals surface area contributed by atoms with Crippen molar-refractivity contribution in [3.05, 3.63) is 78.1 Å². The van der Waals surface area contributed by atoms with Crippen molar-refractivity contribution in [2.75, 3.05) is 5.32 Å². The van der Waals surface area contributed by atoms with Crippen molar-refractivity contribution < 1.29 is 4.79 Å². The smallest absolute Gasteiger partial charge is 0.228 e. The van der Waals surface area contributed by atoms with Crippen molar-refractivity contribution >= 4 is 11.6 Å². The lowest BCUT2D eigenvalue weighted by Crippen LogP contribution is -2.14. The Morgan fingerprint density at radius 2 is 1.76 bits per heavy atom. The zero-order valence-corrected chi connectivity index (χ0v) is 14.5. The first kappa shape index (κ1) is 17.0. The summed E-state index contributed by atoms with van der Waals surface area (Å²) in [6, 6.07) is 17.9. The number of anilines is 1. The van der Waals surface area contributed by atoms with Crippen molar-refractivity contribution in [2.24, 2.45) is 0 Å². The molecule has 0 aliphatic heterocycles. The number of hydrogen-bond acceptors (Lipinski definition) is 2. The summed E-state index contributed by atoms with van der Waals surface area (Å²) in [6.45, 7) is 2.19. The predicted molar refractivity (Wildman–Crippen MR) is 101 cm³/mol. The van der Waals surface area contributed by atoms with E-state index >= 15 is 0 Å². The topological polar surface area (TPSA) is 46.9 Å². The van der Waals surface area contributed by atoms with Crippen molar-refractivity contribution in [3.63, 3.8) is 0 Å². The van der Waals surface area contributed by atoms with E-state index in [1.165, 1.54) is 18.4 Å². The number of hydrogen-bond donors (Lipinski definition) is 1. The van der Waals surface area contributed by atoms with Gasteiger partial charge in [0.25, 0.3) is 0 Å². The van der Waals surface area contributed by atoms with E-state index in [4.69, 9.17) is 0 Å². The minimum Gasteiger partial charge on any atom is -0.326 e. The van der Waals surface area contributed by atoms with Gasteiger partial charge in [0.15, 0.2) is 0 Å². The number of aryl methyl sites for hydroxylation is 1. The number of nitrogens with zero attached hydrogens (tertiary/aromatic N) is 2. The van der Waals surface area contributed by atoms with Crippen LogP contribution in [0.1, 0.15) is 30.9 Å². The summed E-state index contributed by atoms with van der Waals surface area (Å²) in [5, 5.41) is 7.16. The van der Waals surface area contributed by atoms with E-state index in [0.717, 1.165) is 23.4 Å². The Balaban J connectivity index is 1.55. The first-order valence-corrected chi connectivity index (χ1v) is 8.72. The highest BCUT2D eigenvalue weighted by Crippen LogP contribution is 2.13. The molecule has 128 valence electrons. The average Bonchev–Trinajstić information content (AvgIpc) is 3.16. The largest absolute Gasteiger partial charge is 0.326 e. The number of benzene rings is 2. The monoisotopic (exact) mass is 333 g/mol. The zero-order chi connectivity index (χ0) is 17.5. The van der Waals surface area contributed by atoms with Crippen LogP contribution in [0.25, 0.3) is 5.69 Å². The number of carbonyl (C=O) groups is 1. The molecule has 0 atom stereocenters. The Bertz CT molecular complexity index is 790. The normalized spacial score (nSPS) is 10.6. The van der Waals surface area contributed by atoms with Gasteiger partial charge in [-0.25, -0.2) is 4.68 Å². The van der Waals surface area contributed by atoms with Crippen molar-refractivity contribution in [3.8, 4) is 5.69 Å². The second-order valence-electron chi connectivity index (χ2n) is 6.14. The summed E-state index contributed by atoms with van der Waals surface area (Å²) in [5.74, 6) is -0.00635. The van der Waals surface area contributed by atoms with Gasteiger partial charge in [-0.15, -0.1) is 0 Å². The van der Waals surface area contributed by atoms with Crippen LogP contribution in [0.3, 0.4) is 0 Å². The highest BCUT2D eigenvalue weighted by molar-refractivity contribution is 5.92. The minimum absolute atomic E-state index is 0.00635. The standard InChI is InChI=1S/C21H23N3O/c1-2-3-5-17-6-10-19(11-7-17)23-21(25)16-18-8-12-20(13-9-18)24-15-4-14-22-24/h4,6-15H,2-3,5,16H2,1H3,(H,23,25). The summed E-state index contributed by atoms with van der Waals surface area (Å²) in [5.41, 5.74) is 4.12. The lowest BCUT2D eigenvalue weighted by Gasteiger charge is -2.07. The van der Waals surface area contributed by atoms with Gasteiger partial charge in [-0.1, -0.05) is 37.6 Å². The third kappa shape index (κ3) is 4.80. The zero-order valence-electron chi connectivity index (χ0n) is 14.5. The van der Waals surface area contributed by atoms with E-state index in [2.05, 4.69) is 29.5 Å². The van der Waals surface area contributed by atoms with E-state index in [1.54, 1.807) is 10.9 Å². The maximum Gasteiger partial charge on any atom is 0.228 e. The van der Waals surface area contributed by atoms with Gasteiger partial charge >= 0.3 is 0 Å². The molecule has 0 spiro atoms. The van der Waals surface area contributed by atoms with Crippen molar-refractivity contribution in [1.82, 2.24) is 9.78 Å². The van der Waals surface area contributed by atoms with Gasteiger partial charge in [0.1, 0.15) is 0 Å². The summed E-state index contributed by atoms with van der Waals surface area (Å²) in [4.78, 5) is 12.2. The number of aromatic nitrogens is 2. The van der Waals surface area contributed by atoms with Gasteiger partial charge in [-0.3, -0.25) is 4.79 Å². The maximum atomic E-state index is 12.2. The first-order chi connectivity index (χ1) is 12.2. The summed E-state index contributed by atoms with van der Waals surface area (Å²) in [7, 11) is 0. The van der Waals surface area contributed by atoms with Crippen LogP contribution in [0.15, 0.2) is 67.0 Å². The molecule has 0 saturated carbocycles. The third-order valence-electron chi connectivity index (χ3n) is 4.13. The van der Waals surface area contributed by atoms with Gasteiger partial charge in [0, 0.05) is 18.1 Å². The Morgan fingerprint density at radius 3 is 2.40 bits per heavy atom. The molecule has 3 rings (SSSR count). The molecule has 0 fully saturated rings. The van der Waals surface area contributed by atoms with E-state index < -0.39 is 0 Å². The van der Waals surface area contributed by atoms with E-state index in [0.29, 0.717) is 6.42 Å². The Labute approximate surface area is 148 Å². The van der Waals surface area contributed by atoms with Gasteiger partial charge in [-0.05, 0) is 54.3 Å². The van der Waals surface area contributed by atoms with Gasteiger partial charge in [0.2, 0.25) is 5.91 Å². The maximum absolute atomic E-state index is 12.2. The highest BCUT2D eigenvalue weighted by atomic mass is 16.1. The van der Waals surface area contributed by atoms with Crippen LogP contribution in [-0.2, 0) is 17.6 Å². The molecule has 1 aromatic heterocycles. The fourth-order valence-corrected chi connectivity index (χ4v) is 2.71. The number of unbranched alkanes of at least 4 members (excludes halogenated alkanes) is 1. The number of carbonyl (C=O) groups excluding carboxylic acids is 1. The average molecular weight is 333 g/mol. The number of rotatable bonds is 7. The molecular weight excluding hydrogens is 310 g/mol. The molecule has 4 nitrogen and oxygen atoms in total. The number of nitrogens with one attached hydrogen (secondary N) is 1. The van der Waals surface area contributed by atoms with Crippen LogP contribution in [0.5, 0.6) is 0 Å².